The highest BCUT2D eigenvalue weighted by Crippen LogP contribution is 2.30. The van der Waals surface area contributed by atoms with Crippen molar-refractivity contribution in [3.63, 3.8) is 0 Å². The van der Waals surface area contributed by atoms with E-state index < -0.39 is 36.4 Å². The van der Waals surface area contributed by atoms with Gasteiger partial charge in [0.15, 0.2) is 0 Å². The second-order valence-corrected chi connectivity index (χ2v) is 7.93. The molecule has 0 saturated carbocycles. The zero-order valence-corrected chi connectivity index (χ0v) is 18.5. The Morgan fingerprint density at radius 3 is 1.94 bits per heavy atom. The van der Waals surface area contributed by atoms with Crippen LogP contribution in [0.4, 0.5) is 0 Å². The molecular weight excluding hydrogens is 436 g/mol. The van der Waals surface area contributed by atoms with E-state index in [0.29, 0.717) is 17.7 Å². The van der Waals surface area contributed by atoms with Gasteiger partial charge in [-0.2, -0.15) is 0 Å². The molecular formula is C27H26O7. The highest BCUT2D eigenvalue weighted by molar-refractivity contribution is 5.89. The summed E-state index contributed by atoms with van der Waals surface area (Å²) in [6, 6.07) is 26.7. The molecule has 0 bridgehead atoms. The van der Waals surface area contributed by atoms with E-state index in [9.17, 15) is 14.7 Å². The van der Waals surface area contributed by atoms with Crippen LogP contribution in [-0.2, 0) is 25.6 Å². The summed E-state index contributed by atoms with van der Waals surface area (Å²) < 4.78 is 22.5. The van der Waals surface area contributed by atoms with Crippen molar-refractivity contribution < 1.29 is 33.6 Å². The van der Waals surface area contributed by atoms with Crippen molar-refractivity contribution in [3.05, 3.63) is 108 Å². The van der Waals surface area contributed by atoms with Crippen LogP contribution in [0, 0.1) is 5.92 Å². The van der Waals surface area contributed by atoms with Crippen molar-refractivity contribution in [2.45, 2.75) is 25.1 Å². The monoisotopic (exact) mass is 462 g/mol. The van der Waals surface area contributed by atoms with Crippen molar-refractivity contribution in [3.8, 4) is 0 Å². The van der Waals surface area contributed by atoms with E-state index in [1.54, 1.807) is 60.7 Å². The zero-order valence-electron chi connectivity index (χ0n) is 18.5. The van der Waals surface area contributed by atoms with Gasteiger partial charge in [0.25, 0.3) is 0 Å². The maximum atomic E-state index is 12.5. The molecule has 34 heavy (non-hydrogen) atoms. The van der Waals surface area contributed by atoms with Gasteiger partial charge in [0.05, 0.1) is 24.3 Å². The Hall–Kier alpha value is -3.52. The van der Waals surface area contributed by atoms with Crippen LogP contribution in [0.1, 0.15) is 26.3 Å². The van der Waals surface area contributed by atoms with Gasteiger partial charge in [-0.15, -0.1) is 0 Å². The number of carbonyl (C=O) groups is 2. The summed E-state index contributed by atoms with van der Waals surface area (Å²) in [5, 5.41) is 10.9. The average Bonchev–Trinajstić information content (AvgIpc) is 3.18. The summed E-state index contributed by atoms with van der Waals surface area (Å²) in [6.07, 6.45) is -3.07. The van der Waals surface area contributed by atoms with E-state index in [2.05, 4.69) is 0 Å². The van der Waals surface area contributed by atoms with Gasteiger partial charge in [0, 0.05) is 5.92 Å². The Morgan fingerprint density at radius 1 is 0.765 bits per heavy atom. The quantitative estimate of drug-likeness (QED) is 0.486. The molecule has 1 N–H and O–H groups in total. The van der Waals surface area contributed by atoms with E-state index in [4.69, 9.17) is 18.9 Å². The molecule has 3 aromatic rings. The number of aliphatic hydroxyl groups is 1. The second-order valence-electron chi connectivity index (χ2n) is 7.93. The van der Waals surface area contributed by atoms with Gasteiger partial charge in [-0.05, 0) is 29.8 Å². The minimum atomic E-state index is -1.21. The lowest BCUT2D eigenvalue weighted by Gasteiger charge is -2.20. The molecule has 1 aliphatic rings. The van der Waals surface area contributed by atoms with Crippen LogP contribution < -0.4 is 0 Å². The Labute approximate surface area is 197 Å². The molecule has 1 heterocycles. The Balaban J connectivity index is 1.40. The third-order valence-corrected chi connectivity index (χ3v) is 5.55. The largest absolute Gasteiger partial charge is 0.459 e. The lowest BCUT2D eigenvalue weighted by Crippen LogP contribution is -2.34. The van der Waals surface area contributed by atoms with Crippen LogP contribution in [-0.4, -0.2) is 48.8 Å². The molecule has 1 saturated heterocycles. The van der Waals surface area contributed by atoms with E-state index in [1.807, 2.05) is 30.3 Å². The zero-order chi connectivity index (χ0) is 23.8. The Kier molecular flexibility index (Phi) is 8.04. The topological polar surface area (TPSA) is 91.3 Å². The molecule has 4 atom stereocenters. The maximum absolute atomic E-state index is 12.5. The van der Waals surface area contributed by atoms with Gasteiger partial charge in [-0.1, -0.05) is 66.7 Å². The first kappa shape index (κ1) is 23.6. The number of ether oxygens (including phenoxy) is 4. The number of hydrogen-bond acceptors (Lipinski definition) is 7. The number of benzene rings is 3. The van der Waals surface area contributed by atoms with Crippen molar-refractivity contribution in [2.24, 2.45) is 5.92 Å². The van der Waals surface area contributed by atoms with Crippen LogP contribution in [0.3, 0.4) is 0 Å². The third kappa shape index (κ3) is 6.08. The molecule has 7 heteroatoms. The average molecular weight is 462 g/mol. The van der Waals surface area contributed by atoms with Gasteiger partial charge in [0.2, 0.25) is 6.29 Å². The Bertz CT molecular complexity index is 1060. The van der Waals surface area contributed by atoms with Crippen LogP contribution in [0.5, 0.6) is 0 Å². The van der Waals surface area contributed by atoms with Crippen LogP contribution >= 0.6 is 0 Å². The first-order valence-corrected chi connectivity index (χ1v) is 11.0. The van der Waals surface area contributed by atoms with E-state index in [1.165, 1.54) is 0 Å². The lowest BCUT2D eigenvalue weighted by atomic mass is 10.00. The van der Waals surface area contributed by atoms with Gasteiger partial charge >= 0.3 is 11.9 Å². The van der Waals surface area contributed by atoms with Crippen LogP contribution in [0.15, 0.2) is 91.0 Å². The first-order chi connectivity index (χ1) is 16.6. The first-order valence-electron chi connectivity index (χ1n) is 11.0. The standard InChI is InChI=1S/C27H26O7/c28-24-22(17-31-16-19-10-4-1-5-11-19)23(18-32-25(29)20-12-6-2-7-13-20)33-27(24)34-26(30)21-14-8-3-9-15-21/h1-15,22-24,27-28H,16-18H2/t22-,23+,24?,27-/m0/s1. The molecule has 0 aliphatic carbocycles. The molecule has 1 unspecified atom stereocenters. The lowest BCUT2D eigenvalue weighted by molar-refractivity contribution is -0.139. The number of rotatable bonds is 9. The van der Waals surface area contributed by atoms with E-state index in [0.717, 1.165) is 5.56 Å². The summed E-state index contributed by atoms with van der Waals surface area (Å²) in [4.78, 5) is 24.9. The number of aliphatic hydroxyl groups excluding tert-OH is 1. The smallest absolute Gasteiger partial charge is 0.340 e. The fourth-order valence-electron chi connectivity index (χ4n) is 3.69. The summed E-state index contributed by atoms with van der Waals surface area (Å²) in [5.74, 6) is -1.69. The molecule has 0 radical (unpaired) electrons. The SMILES string of the molecule is O=C(OC[C@H]1O[C@@H](OC(=O)c2ccccc2)C(O)[C@H]1COCc1ccccc1)c1ccccc1. The summed E-state index contributed by atoms with van der Waals surface area (Å²) in [5.41, 5.74) is 1.73. The Morgan fingerprint density at radius 2 is 1.32 bits per heavy atom. The van der Waals surface area contributed by atoms with Gasteiger partial charge in [-0.25, -0.2) is 9.59 Å². The number of hydrogen-bond donors (Lipinski definition) is 1. The molecule has 176 valence electrons. The molecule has 1 aliphatic heterocycles. The predicted molar refractivity (Wildman–Crippen MR) is 123 cm³/mol. The summed E-state index contributed by atoms with van der Waals surface area (Å²) in [7, 11) is 0. The van der Waals surface area contributed by atoms with Crippen molar-refractivity contribution in [2.75, 3.05) is 13.2 Å². The molecule has 0 spiro atoms. The predicted octanol–water partition coefficient (Wildman–Crippen LogP) is 3.62. The summed E-state index contributed by atoms with van der Waals surface area (Å²) >= 11 is 0. The highest BCUT2D eigenvalue weighted by atomic mass is 16.7. The van der Waals surface area contributed by atoms with Gasteiger partial charge in [-0.3, -0.25) is 0 Å². The third-order valence-electron chi connectivity index (χ3n) is 5.55. The number of esters is 2. The minimum absolute atomic E-state index is 0.121. The maximum Gasteiger partial charge on any atom is 0.340 e. The van der Waals surface area contributed by atoms with Crippen molar-refractivity contribution in [1.82, 2.24) is 0 Å². The fraction of sp³-hybridized carbons (Fsp3) is 0.259. The molecule has 3 aromatic carbocycles. The van der Waals surface area contributed by atoms with Gasteiger partial charge < -0.3 is 24.1 Å². The number of carbonyl (C=O) groups excluding carboxylic acids is 2. The van der Waals surface area contributed by atoms with E-state index >= 15 is 0 Å². The van der Waals surface area contributed by atoms with Crippen molar-refractivity contribution >= 4 is 11.9 Å². The molecule has 4 rings (SSSR count). The minimum Gasteiger partial charge on any atom is -0.459 e. The van der Waals surface area contributed by atoms with Crippen LogP contribution in [0.25, 0.3) is 0 Å². The van der Waals surface area contributed by atoms with Gasteiger partial charge in [0.1, 0.15) is 18.8 Å². The molecule has 0 aromatic heterocycles. The second kappa shape index (κ2) is 11.6. The normalized spacial score (nSPS) is 21.7. The van der Waals surface area contributed by atoms with E-state index in [-0.39, 0.29) is 13.2 Å². The highest BCUT2D eigenvalue weighted by Gasteiger charge is 2.46. The molecule has 7 nitrogen and oxygen atoms in total. The molecule has 0 amide bonds. The fourth-order valence-corrected chi connectivity index (χ4v) is 3.69. The molecule has 1 fully saturated rings. The van der Waals surface area contributed by atoms with Crippen LogP contribution in [0.2, 0.25) is 0 Å². The summed E-state index contributed by atoms with van der Waals surface area (Å²) in [6.45, 7) is 0.349. The van der Waals surface area contributed by atoms with Crippen molar-refractivity contribution in [1.29, 1.82) is 0 Å².